The molecule has 4 N–H and O–H groups in total. The monoisotopic (exact) mass is 962 g/mol. The SMILES string of the molecule is Cc1ccc(OC2=C(/C=C/C3N(CCCCS(=O)(=O)O)C4C=CC(S(=O)(=O)O)=CC4C3(C)C)CCC/C2=C\C=C2\N(CCCCS(=O)(=O)O)c3ccc(S(=O)(=O)O)cc3C2(C)C)cc1. The van der Waals surface area contributed by atoms with Gasteiger partial charge in [0.25, 0.3) is 40.5 Å². The van der Waals surface area contributed by atoms with Crippen molar-refractivity contribution in [3.63, 3.8) is 0 Å². The average Bonchev–Trinajstić information content (AvgIpc) is 3.53. The molecule has 2 aliphatic heterocycles. The van der Waals surface area contributed by atoms with Gasteiger partial charge in [0, 0.05) is 41.3 Å². The van der Waals surface area contributed by atoms with Crippen LogP contribution in [0.2, 0.25) is 0 Å². The minimum atomic E-state index is -4.52. The Labute approximate surface area is 378 Å². The number of nitrogens with zero attached hydrogens (tertiary/aromatic N) is 2. The lowest BCUT2D eigenvalue weighted by Crippen LogP contribution is -2.38. The number of fused-ring (bicyclic) bond motifs is 2. The van der Waals surface area contributed by atoms with E-state index in [2.05, 4.69) is 11.0 Å². The van der Waals surface area contributed by atoms with Crippen LogP contribution in [-0.2, 0) is 45.9 Å². The Morgan fingerprint density at radius 2 is 1.42 bits per heavy atom. The second-order valence-electron chi connectivity index (χ2n) is 18.1. The maximum atomic E-state index is 12.2. The lowest BCUT2D eigenvalue weighted by Gasteiger charge is -2.32. The molecule has 19 heteroatoms. The number of allylic oxidation sites excluding steroid dienone is 7. The molecule has 2 aromatic carbocycles. The van der Waals surface area contributed by atoms with E-state index in [-0.39, 0.29) is 46.4 Å². The Kier molecular flexibility index (Phi) is 14.5. The third-order valence-corrected chi connectivity index (χ3v) is 16.1. The van der Waals surface area contributed by atoms with Crippen molar-refractivity contribution in [2.45, 2.75) is 102 Å². The van der Waals surface area contributed by atoms with Gasteiger partial charge in [0.1, 0.15) is 11.5 Å². The van der Waals surface area contributed by atoms with Crippen LogP contribution in [0.15, 0.2) is 117 Å². The zero-order valence-corrected chi connectivity index (χ0v) is 39.8. The van der Waals surface area contributed by atoms with Crippen LogP contribution in [0.3, 0.4) is 0 Å². The average molecular weight is 963 g/mol. The first-order valence-electron chi connectivity index (χ1n) is 21.2. The van der Waals surface area contributed by atoms with Crippen molar-refractivity contribution in [2.24, 2.45) is 11.3 Å². The number of hydrogen-bond acceptors (Lipinski definition) is 11. The molecule has 1 fully saturated rings. The summed E-state index contributed by atoms with van der Waals surface area (Å²) < 4.78 is 140. The minimum Gasteiger partial charge on any atom is -0.457 e. The first-order chi connectivity index (χ1) is 29.7. The highest BCUT2D eigenvalue weighted by molar-refractivity contribution is 7.90. The van der Waals surface area contributed by atoms with Gasteiger partial charge in [-0.15, -0.1) is 0 Å². The van der Waals surface area contributed by atoms with E-state index in [9.17, 15) is 51.9 Å². The van der Waals surface area contributed by atoms with Crippen molar-refractivity contribution < 1.29 is 56.6 Å². The Morgan fingerprint density at radius 1 is 0.781 bits per heavy atom. The maximum Gasteiger partial charge on any atom is 0.294 e. The number of benzene rings is 2. The lowest BCUT2D eigenvalue weighted by molar-refractivity contribution is 0.202. The molecular weight excluding hydrogens is 905 g/mol. The molecule has 0 aromatic heterocycles. The van der Waals surface area contributed by atoms with E-state index in [1.54, 1.807) is 18.2 Å². The lowest BCUT2D eigenvalue weighted by atomic mass is 9.73. The van der Waals surface area contributed by atoms with E-state index in [1.165, 1.54) is 18.2 Å². The minimum absolute atomic E-state index is 0.186. The Bertz CT molecular complexity index is 2770. The number of unbranched alkanes of at least 4 members (excludes halogenated alkanes) is 2. The Morgan fingerprint density at radius 3 is 2.03 bits per heavy atom. The second kappa shape index (κ2) is 18.8. The zero-order chi connectivity index (χ0) is 47.0. The molecule has 0 radical (unpaired) electrons. The highest BCUT2D eigenvalue weighted by Gasteiger charge is 2.52. The Balaban J connectivity index is 1.43. The fourth-order valence-corrected chi connectivity index (χ4v) is 11.6. The van der Waals surface area contributed by atoms with Gasteiger partial charge in [0.15, 0.2) is 0 Å². The molecule has 4 aliphatic rings. The van der Waals surface area contributed by atoms with Crippen molar-refractivity contribution in [3.05, 3.63) is 124 Å². The van der Waals surface area contributed by atoms with Crippen LogP contribution in [-0.4, -0.2) is 93.5 Å². The second-order valence-corrected chi connectivity index (χ2v) is 24.1. The van der Waals surface area contributed by atoms with Crippen LogP contribution in [0.1, 0.15) is 83.8 Å². The van der Waals surface area contributed by atoms with E-state index in [1.807, 2.05) is 82.0 Å². The fraction of sp³-hybridized carbons (Fsp3) is 0.467. The number of likely N-dealkylation sites (tertiary alicyclic amines) is 1. The predicted octanol–water partition coefficient (Wildman–Crippen LogP) is 7.60. The van der Waals surface area contributed by atoms with Gasteiger partial charge in [0.2, 0.25) is 0 Å². The molecule has 0 amide bonds. The topological polar surface area (TPSA) is 233 Å². The van der Waals surface area contributed by atoms with Gasteiger partial charge in [0.05, 0.1) is 21.3 Å². The van der Waals surface area contributed by atoms with Gasteiger partial charge < -0.3 is 9.64 Å². The molecule has 0 spiro atoms. The molecule has 2 aromatic rings. The van der Waals surface area contributed by atoms with Crippen LogP contribution >= 0.6 is 0 Å². The quantitative estimate of drug-likeness (QED) is 0.0883. The van der Waals surface area contributed by atoms with E-state index < -0.39 is 57.1 Å². The molecular formula is C45H58N2O13S4. The summed E-state index contributed by atoms with van der Waals surface area (Å²) in [4.78, 5) is 3.76. The molecule has 64 heavy (non-hydrogen) atoms. The van der Waals surface area contributed by atoms with Gasteiger partial charge in [-0.05, 0) is 123 Å². The summed E-state index contributed by atoms with van der Waals surface area (Å²) in [6, 6.07) is 11.5. The maximum absolute atomic E-state index is 12.2. The smallest absolute Gasteiger partial charge is 0.294 e. The largest absolute Gasteiger partial charge is 0.457 e. The van der Waals surface area contributed by atoms with Gasteiger partial charge >= 0.3 is 0 Å². The Hall–Kier alpha value is -3.92. The molecule has 350 valence electrons. The van der Waals surface area contributed by atoms with E-state index >= 15 is 0 Å². The van der Waals surface area contributed by atoms with Gasteiger partial charge in [-0.2, -0.15) is 33.7 Å². The van der Waals surface area contributed by atoms with Crippen molar-refractivity contribution in [1.29, 1.82) is 0 Å². The van der Waals surface area contributed by atoms with Crippen LogP contribution in [0.5, 0.6) is 5.75 Å². The summed E-state index contributed by atoms with van der Waals surface area (Å²) >= 11 is 0. The van der Waals surface area contributed by atoms with Crippen molar-refractivity contribution >= 4 is 46.2 Å². The number of aryl methyl sites for hydroxylation is 1. The zero-order valence-electron chi connectivity index (χ0n) is 36.6. The first kappa shape index (κ1) is 49.5. The fourth-order valence-electron chi connectivity index (χ4n) is 9.40. The van der Waals surface area contributed by atoms with E-state index in [0.29, 0.717) is 61.5 Å². The van der Waals surface area contributed by atoms with Crippen LogP contribution < -0.4 is 9.64 Å². The molecule has 3 unspecified atom stereocenters. The summed E-state index contributed by atoms with van der Waals surface area (Å²) in [6.07, 6.45) is 16.1. The van der Waals surface area contributed by atoms with Crippen LogP contribution in [0, 0.1) is 18.3 Å². The third-order valence-electron chi connectivity index (χ3n) is 12.7. The van der Waals surface area contributed by atoms with E-state index in [0.717, 1.165) is 28.8 Å². The molecule has 1 saturated heterocycles. The van der Waals surface area contributed by atoms with Crippen molar-refractivity contribution in [1.82, 2.24) is 4.90 Å². The summed E-state index contributed by atoms with van der Waals surface area (Å²) in [5.41, 5.74) is 3.60. The summed E-state index contributed by atoms with van der Waals surface area (Å²) in [7, 11) is -17.3. The number of anilines is 1. The molecule has 0 bridgehead atoms. The normalized spacial score (nSPS) is 23.9. The number of rotatable bonds is 17. The molecule has 0 saturated carbocycles. The number of ether oxygens (including phenoxy) is 1. The van der Waals surface area contributed by atoms with Crippen LogP contribution in [0.4, 0.5) is 5.69 Å². The van der Waals surface area contributed by atoms with Crippen molar-refractivity contribution in [3.8, 4) is 5.75 Å². The molecule has 15 nitrogen and oxygen atoms in total. The van der Waals surface area contributed by atoms with Gasteiger partial charge in [-0.1, -0.05) is 75.8 Å². The molecule has 2 aliphatic carbocycles. The highest BCUT2D eigenvalue weighted by Crippen LogP contribution is 2.51. The molecule has 3 atom stereocenters. The number of hydrogen-bond donors (Lipinski definition) is 4. The summed E-state index contributed by atoms with van der Waals surface area (Å²) in [5, 5.41) is 0. The predicted molar refractivity (Wildman–Crippen MR) is 246 cm³/mol. The van der Waals surface area contributed by atoms with Crippen molar-refractivity contribution in [2.75, 3.05) is 29.5 Å². The van der Waals surface area contributed by atoms with Gasteiger partial charge in [-0.25, -0.2) is 0 Å². The van der Waals surface area contributed by atoms with Gasteiger partial charge in [-0.3, -0.25) is 23.1 Å². The summed E-state index contributed by atoms with van der Waals surface area (Å²) in [6.45, 7) is 10.7. The standard InChI is InChI=1S/C45H58N2O13S4/c1-31-13-17-34(18-14-31)60-43-32(15-23-41-44(2,3)37-29-35(63(54,55)56)19-21-39(37)46(41)25-6-8-27-61(48,49)50)11-10-12-33(43)16-24-42-45(4,5)38-30-36(64(57,58)59)20-22-40(38)47(42)26-7-9-28-62(51,52)53/h13-24,29-30,37,39,41H,6-12,25-28H2,1-5H3,(H,48,49,50)(H,51,52,53)(H,54,55,56)(H,57,58,59)/b23-15+,33-16+,42-24+. The highest BCUT2D eigenvalue weighted by atomic mass is 32.2. The van der Waals surface area contributed by atoms with Crippen LogP contribution in [0.25, 0.3) is 0 Å². The molecule has 2 heterocycles. The first-order valence-corrected chi connectivity index (χ1v) is 27.3. The summed E-state index contributed by atoms with van der Waals surface area (Å²) in [5.74, 6) is 0.109. The molecule has 6 rings (SSSR count). The third kappa shape index (κ3) is 11.5. The van der Waals surface area contributed by atoms with E-state index in [4.69, 9.17) is 4.74 Å².